The van der Waals surface area contributed by atoms with Gasteiger partial charge in [0.05, 0.1) is 40.6 Å². The Kier molecular flexibility index (Phi) is 5.19. The van der Waals surface area contributed by atoms with Crippen LogP contribution in [0.2, 0.25) is 0 Å². The number of carbonyl (C=O) groups is 1. The van der Waals surface area contributed by atoms with Gasteiger partial charge in [-0.1, -0.05) is 0 Å². The lowest BCUT2D eigenvalue weighted by atomic mass is 10.1. The summed E-state index contributed by atoms with van der Waals surface area (Å²) in [6.07, 6.45) is 1.34. The summed E-state index contributed by atoms with van der Waals surface area (Å²) in [4.78, 5) is 32.2. The fourth-order valence-electron chi connectivity index (χ4n) is 4.61. The van der Waals surface area contributed by atoms with Crippen molar-refractivity contribution in [2.75, 3.05) is 50.1 Å². The van der Waals surface area contributed by atoms with Crippen molar-refractivity contribution >= 4 is 50.1 Å². The fraction of sp³-hybridized carbons (Fsp3) is 0.333. The lowest BCUT2D eigenvalue weighted by Gasteiger charge is -2.45. The van der Waals surface area contributed by atoms with Crippen LogP contribution in [0.1, 0.15) is 0 Å². The average Bonchev–Trinajstić information content (AvgIpc) is 3.43. The van der Waals surface area contributed by atoms with Crippen LogP contribution in [0.3, 0.4) is 0 Å². The highest BCUT2D eigenvalue weighted by Gasteiger charge is 2.37. The molecular weight excluding hydrogens is 452 g/mol. The standard InChI is InChI=1S/C24H24N6O3S/c1-28(12-17-13-30(24(31)33-17)15-3-5-21-19(9-15)26-14-34-21)16-10-29(11-16)20-7-8-25-18-4-6-22(32-2)27-23(18)20/h3-9,14,16-17H,10-13H2,1-2H3. The van der Waals surface area contributed by atoms with Gasteiger partial charge in [-0.3, -0.25) is 14.8 Å². The number of ether oxygens (including phenoxy) is 2. The minimum atomic E-state index is -0.300. The first-order valence-electron chi connectivity index (χ1n) is 11.2. The SMILES string of the molecule is COc1ccc2nccc(N3CC(N(C)CC4CN(c5ccc6scnc6c5)C(=O)O4)C3)c2n1. The number of fused-ring (bicyclic) bond motifs is 2. The average molecular weight is 477 g/mol. The Bertz CT molecular complexity index is 1370. The van der Waals surface area contributed by atoms with Gasteiger partial charge in [0.25, 0.3) is 0 Å². The quantitative estimate of drug-likeness (QED) is 0.419. The van der Waals surface area contributed by atoms with Gasteiger partial charge in [0, 0.05) is 43.6 Å². The zero-order chi connectivity index (χ0) is 23.2. The molecule has 2 saturated heterocycles. The lowest BCUT2D eigenvalue weighted by molar-refractivity contribution is 0.0957. The van der Waals surface area contributed by atoms with E-state index >= 15 is 0 Å². The van der Waals surface area contributed by atoms with Gasteiger partial charge >= 0.3 is 6.09 Å². The smallest absolute Gasteiger partial charge is 0.414 e. The molecule has 0 saturated carbocycles. The van der Waals surface area contributed by atoms with Crippen LogP contribution in [0.25, 0.3) is 21.3 Å². The Morgan fingerprint density at radius 2 is 2.03 bits per heavy atom. The summed E-state index contributed by atoms with van der Waals surface area (Å²) in [6.45, 7) is 2.97. The van der Waals surface area contributed by atoms with Crippen molar-refractivity contribution in [2.24, 2.45) is 0 Å². The Balaban J connectivity index is 1.09. The van der Waals surface area contributed by atoms with Crippen LogP contribution in [0.15, 0.2) is 48.1 Å². The molecule has 0 N–H and O–H groups in total. The third-order valence-electron chi connectivity index (χ3n) is 6.56. The molecule has 174 valence electrons. The number of methoxy groups -OCH3 is 1. The largest absolute Gasteiger partial charge is 0.481 e. The second-order valence-electron chi connectivity index (χ2n) is 8.67. The number of anilines is 2. The molecule has 1 atom stereocenters. The number of hydrogen-bond donors (Lipinski definition) is 0. The summed E-state index contributed by atoms with van der Waals surface area (Å²) in [5, 5.41) is 0. The molecule has 2 fully saturated rings. The maximum Gasteiger partial charge on any atom is 0.414 e. The van der Waals surface area contributed by atoms with E-state index in [0.29, 0.717) is 25.0 Å². The Labute approximate surface area is 200 Å². The molecule has 0 spiro atoms. The molecule has 5 heterocycles. The third kappa shape index (κ3) is 3.68. The van der Waals surface area contributed by atoms with Gasteiger partial charge < -0.3 is 14.4 Å². The van der Waals surface area contributed by atoms with Crippen LogP contribution in [-0.2, 0) is 4.74 Å². The van der Waals surface area contributed by atoms with Gasteiger partial charge in [0.1, 0.15) is 11.6 Å². The minimum absolute atomic E-state index is 0.176. The van der Waals surface area contributed by atoms with E-state index < -0.39 is 0 Å². The van der Waals surface area contributed by atoms with Crippen LogP contribution in [0.4, 0.5) is 16.2 Å². The molecular formula is C24H24N6O3S. The number of cyclic esters (lactones) is 1. The predicted molar refractivity (Wildman–Crippen MR) is 132 cm³/mol. The molecule has 2 aliphatic rings. The fourth-order valence-corrected chi connectivity index (χ4v) is 5.26. The number of nitrogens with zero attached hydrogens (tertiary/aromatic N) is 6. The second kappa shape index (κ2) is 8.37. The zero-order valence-corrected chi connectivity index (χ0v) is 19.7. The normalized spacial score (nSPS) is 18.7. The summed E-state index contributed by atoms with van der Waals surface area (Å²) in [7, 11) is 3.71. The van der Waals surface area contributed by atoms with E-state index in [2.05, 4.69) is 31.8 Å². The van der Waals surface area contributed by atoms with Crippen LogP contribution in [-0.4, -0.2) is 78.4 Å². The van der Waals surface area contributed by atoms with E-state index in [1.165, 1.54) is 0 Å². The molecule has 10 heteroatoms. The number of thiazole rings is 1. The summed E-state index contributed by atoms with van der Waals surface area (Å²) >= 11 is 1.59. The second-order valence-corrected chi connectivity index (χ2v) is 9.56. The number of carbonyl (C=O) groups excluding carboxylic acids is 1. The van der Waals surface area contributed by atoms with Crippen LogP contribution in [0, 0.1) is 0 Å². The molecule has 0 radical (unpaired) electrons. The molecule has 6 rings (SSSR count). The molecule has 1 aromatic carbocycles. The Morgan fingerprint density at radius 1 is 1.15 bits per heavy atom. The highest BCUT2D eigenvalue weighted by Crippen LogP contribution is 2.31. The molecule has 0 bridgehead atoms. The first-order chi connectivity index (χ1) is 16.6. The number of benzene rings is 1. The Hall–Kier alpha value is -3.50. The first-order valence-corrected chi connectivity index (χ1v) is 12.0. The number of hydrogen-bond acceptors (Lipinski definition) is 9. The van der Waals surface area contributed by atoms with Gasteiger partial charge in [-0.2, -0.15) is 0 Å². The molecule has 2 aliphatic heterocycles. The van der Waals surface area contributed by atoms with E-state index in [0.717, 1.165) is 45.7 Å². The minimum Gasteiger partial charge on any atom is -0.481 e. The van der Waals surface area contributed by atoms with Crippen molar-refractivity contribution in [3.8, 4) is 5.88 Å². The molecule has 4 aromatic rings. The molecule has 34 heavy (non-hydrogen) atoms. The van der Waals surface area contributed by atoms with Gasteiger partial charge in [-0.05, 0) is 37.4 Å². The van der Waals surface area contributed by atoms with Gasteiger partial charge in [0.15, 0.2) is 0 Å². The number of rotatable bonds is 6. The third-order valence-corrected chi connectivity index (χ3v) is 7.37. The highest BCUT2D eigenvalue weighted by molar-refractivity contribution is 7.16. The summed E-state index contributed by atoms with van der Waals surface area (Å²) in [5.74, 6) is 0.581. The van der Waals surface area contributed by atoms with Crippen molar-refractivity contribution in [3.05, 3.63) is 48.1 Å². The lowest BCUT2D eigenvalue weighted by Crippen LogP contribution is -2.59. The van der Waals surface area contributed by atoms with Gasteiger partial charge in [0.2, 0.25) is 5.88 Å². The van der Waals surface area contributed by atoms with Crippen molar-refractivity contribution in [1.82, 2.24) is 19.9 Å². The van der Waals surface area contributed by atoms with E-state index in [1.54, 1.807) is 23.3 Å². The number of pyridine rings is 2. The van der Waals surface area contributed by atoms with Crippen molar-refractivity contribution in [1.29, 1.82) is 0 Å². The summed E-state index contributed by atoms with van der Waals surface area (Å²) < 4.78 is 12.1. The maximum atomic E-state index is 12.5. The molecule has 3 aromatic heterocycles. The van der Waals surface area contributed by atoms with Crippen molar-refractivity contribution in [2.45, 2.75) is 12.1 Å². The summed E-state index contributed by atoms with van der Waals surface area (Å²) in [6, 6.07) is 12.0. The van der Waals surface area contributed by atoms with E-state index in [1.807, 2.05) is 48.1 Å². The highest BCUT2D eigenvalue weighted by atomic mass is 32.1. The monoisotopic (exact) mass is 476 g/mol. The van der Waals surface area contributed by atoms with Crippen LogP contribution >= 0.6 is 11.3 Å². The zero-order valence-electron chi connectivity index (χ0n) is 18.9. The topological polar surface area (TPSA) is 83.9 Å². The van der Waals surface area contributed by atoms with Crippen molar-refractivity contribution in [3.63, 3.8) is 0 Å². The van der Waals surface area contributed by atoms with Crippen LogP contribution in [0.5, 0.6) is 5.88 Å². The molecule has 0 aliphatic carbocycles. The number of likely N-dealkylation sites (N-methyl/N-ethyl adjacent to an activating group) is 1. The summed E-state index contributed by atoms with van der Waals surface area (Å²) in [5.41, 5.74) is 6.31. The van der Waals surface area contributed by atoms with E-state index in [9.17, 15) is 4.79 Å². The molecule has 1 unspecified atom stereocenters. The molecule has 1 amide bonds. The van der Waals surface area contributed by atoms with Gasteiger partial charge in [-0.25, -0.2) is 14.8 Å². The van der Waals surface area contributed by atoms with Crippen molar-refractivity contribution < 1.29 is 14.3 Å². The Morgan fingerprint density at radius 3 is 2.88 bits per heavy atom. The van der Waals surface area contributed by atoms with E-state index in [4.69, 9.17) is 9.47 Å². The number of aromatic nitrogens is 3. The number of amides is 1. The maximum absolute atomic E-state index is 12.5. The predicted octanol–water partition coefficient (Wildman–Crippen LogP) is 3.39. The molecule has 9 nitrogen and oxygen atoms in total. The van der Waals surface area contributed by atoms with E-state index in [-0.39, 0.29) is 12.2 Å². The van der Waals surface area contributed by atoms with Gasteiger partial charge in [-0.15, -0.1) is 11.3 Å². The van der Waals surface area contributed by atoms with Crippen LogP contribution < -0.4 is 14.5 Å². The first kappa shape index (κ1) is 21.1.